The van der Waals surface area contributed by atoms with Gasteiger partial charge in [0, 0.05) is 112 Å². The molecule has 3 aliphatic rings. The molecule has 3 aliphatic heterocycles. The van der Waals surface area contributed by atoms with Crippen molar-refractivity contribution in [3.05, 3.63) is 58.2 Å². The lowest BCUT2D eigenvalue weighted by Gasteiger charge is -2.11. The average molecular weight is 995 g/mol. The van der Waals surface area contributed by atoms with Crippen LogP contribution in [-0.2, 0) is 108 Å². The van der Waals surface area contributed by atoms with E-state index in [0.717, 1.165) is 30.4 Å². The zero-order chi connectivity index (χ0) is 54.3. The number of carboxylic acids is 3. The molecule has 69 heavy (non-hydrogen) atoms. The zero-order valence-electron chi connectivity index (χ0n) is 37.7. The van der Waals surface area contributed by atoms with Gasteiger partial charge in [0.2, 0.25) is 11.8 Å². The van der Waals surface area contributed by atoms with Crippen molar-refractivity contribution in [2.45, 2.75) is 79.6 Å². The van der Waals surface area contributed by atoms with Crippen LogP contribution in [0, 0.1) is 4.78 Å². The highest BCUT2D eigenvalue weighted by Crippen LogP contribution is 2.14. The molecule has 0 atom stereocenters. The van der Waals surface area contributed by atoms with E-state index in [0.29, 0.717) is 5.06 Å². The Labute approximate surface area is 395 Å². The van der Waals surface area contributed by atoms with E-state index in [2.05, 4.69) is 37.4 Å². The SMILES string of the molecule is CC(=O)C/C(=C/C(=O)ON1C(=O)CCC1=O)C(C)=O.CC(=O)CC1=CC(=O)OC1=O.CNC(=O)/C=C(/CC(C)=O)C(=O)O.CNC(=O)/C=C(/CC(C)=O)C(=O)O.N=S.O=C(O)CC1=CC(=O)OC1=O. The number of carbonyl (C=O) groups excluding carboxylic acids is 14. The Morgan fingerprint density at radius 1 is 0.594 bits per heavy atom. The van der Waals surface area contributed by atoms with Crippen molar-refractivity contribution in [2.75, 3.05) is 14.1 Å². The number of hydrogen-bond donors (Lipinski definition) is 6. The lowest BCUT2D eigenvalue weighted by molar-refractivity contribution is -0.193. The molecule has 374 valence electrons. The van der Waals surface area contributed by atoms with Crippen LogP contribution in [-0.4, -0.2) is 135 Å². The maximum Gasteiger partial charge on any atom is 0.357 e. The first kappa shape index (κ1) is 64.6. The molecule has 0 bridgehead atoms. The Balaban J connectivity index is -0.000000794. The van der Waals surface area contributed by atoms with E-state index < -0.39 is 83.6 Å². The van der Waals surface area contributed by atoms with E-state index in [1.165, 1.54) is 48.7 Å². The summed E-state index contributed by atoms with van der Waals surface area (Å²) < 4.78 is 13.5. The van der Waals surface area contributed by atoms with Gasteiger partial charge in [0.25, 0.3) is 11.8 Å². The summed E-state index contributed by atoms with van der Waals surface area (Å²) in [6.07, 6.45) is 3.38. The molecule has 0 radical (unpaired) electrons. The van der Waals surface area contributed by atoms with Gasteiger partial charge in [-0.1, -0.05) is 0 Å². The third kappa shape index (κ3) is 30.2. The normalized spacial score (nSPS) is 13.6. The molecule has 28 heteroatoms. The average Bonchev–Trinajstić information content (AvgIpc) is 3.85. The predicted octanol–water partition coefficient (Wildman–Crippen LogP) is -0.725. The van der Waals surface area contributed by atoms with Crippen LogP contribution in [0.5, 0.6) is 0 Å². The number of amides is 4. The molecule has 0 spiro atoms. The van der Waals surface area contributed by atoms with Gasteiger partial charge >= 0.3 is 47.8 Å². The molecule has 1 fully saturated rings. The van der Waals surface area contributed by atoms with Crippen LogP contribution in [0.1, 0.15) is 79.6 Å². The number of aliphatic carboxylic acids is 3. The Bertz CT molecular complexity index is 2170. The Morgan fingerprint density at radius 2 is 0.942 bits per heavy atom. The summed E-state index contributed by atoms with van der Waals surface area (Å²) >= 11 is 3.33. The topological polar surface area (TPSA) is 430 Å². The van der Waals surface area contributed by atoms with E-state index >= 15 is 0 Å². The lowest BCUT2D eigenvalue weighted by atomic mass is 10.1. The lowest BCUT2D eigenvalue weighted by Crippen LogP contribution is -2.31. The number of carboxylic acid groups (broad SMARTS) is 3. The number of ketones is 5. The molecule has 3 heterocycles. The fraction of sp³-hybridized carbons (Fsp3) is 0.341. The summed E-state index contributed by atoms with van der Waals surface area (Å²) in [6, 6.07) is 0. The van der Waals surface area contributed by atoms with Gasteiger partial charge in [-0.2, -0.15) is 0 Å². The van der Waals surface area contributed by atoms with Gasteiger partial charge in [-0.15, -0.1) is 5.06 Å². The first-order valence-corrected chi connectivity index (χ1v) is 19.3. The largest absolute Gasteiger partial charge is 0.481 e. The molecule has 0 aromatic carbocycles. The molecule has 0 unspecified atom stereocenters. The van der Waals surface area contributed by atoms with Crippen LogP contribution in [0.25, 0.3) is 0 Å². The number of nitrogens with one attached hydrogen (secondary N) is 3. The third-order valence-corrected chi connectivity index (χ3v) is 7.18. The number of hydroxylamine groups is 2. The molecule has 4 amide bonds. The summed E-state index contributed by atoms with van der Waals surface area (Å²) in [4.78, 5) is 187. The first-order valence-electron chi connectivity index (χ1n) is 18.9. The summed E-state index contributed by atoms with van der Waals surface area (Å²) in [5.41, 5.74) is -0.403. The maximum atomic E-state index is 11.5. The summed E-state index contributed by atoms with van der Waals surface area (Å²) in [6.45, 7) is 6.35. The number of nitrogens with zero attached hydrogens (tertiary/aromatic N) is 1. The Kier molecular flexibility index (Phi) is 31.6. The summed E-state index contributed by atoms with van der Waals surface area (Å²) in [7, 11) is 2.76. The highest BCUT2D eigenvalue weighted by molar-refractivity contribution is 7.45. The highest BCUT2D eigenvalue weighted by atomic mass is 32.1. The molecule has 0 aliphatic carbocycles. The Hall–Kier alpha value is -8.69. The summed E-state index contributed by atoms with van der Waals surface area (Å²) in [5.74, 6) is -11.5. The molecule has 0 aromatic rings. The van der Waals surface area contributed by atoms with Gasteiger partial charge < -0.3 is 40.3 Å². The van der Waals surface area contributed by atoms with Gasteiger partial charge in [0.1, 0.15) is 23.1 Å². The van der Waals surface area contributed by atoms with Crippen LogP contribution < -0.4 is 10.6 Å². The van der Waals surface area contributed by atoms with E-state index in [1.807, 2.05) is 0 Å². The number of allylic oxidation sites excluding steroid dienone is 1. The number of imide groups is 1. The Morgan fingerprint density at radius 3 is 1.20 bits per heavy atom. The number of esters is 4. The van der Waals surface area contributed by atoms with Crippen molar-refractivity contribution in [3.63, 3.8) is 0 Å². The minimum atomic E-state index is -1.25. The van der Waals surface area contributed by atoms with Crippen LogP contribution in [0.2, 0.25) is 0 Å². The molecule has 27 nitrogen and oxygen atoms in total. The fourth-order valence-electron chi connectivity index (χ4n) is 4.29. The van der Waals surface area contributed by atoms with Gasteiger partial charge in [-0.05, 0) is 34.6 Å². The number of ether oxygens (including phenoxy) is 2. The summed E-state index contributed by atoms with van der Waals surface area (Å²) in [5, 5.41) is 30.2. The van der Waals surface area contributed by atoms with Crippen molar-refractivity contribution >= 4 is 113 Å². The number of cyclic esters (lactones) is 4. The van der Waals surface area contributed by atoms with Crippen molar-refractivity contribution in [1.29, 1.82) is 4.78 Å². The zero-order valence-corrected chi connectivity index (χ0v) is 38.5. The van der Waals surface area contributed by atoms with E-state index in [9.17, 15) is 81.5 Å². The number of likely N-dealkylation sites (N-methyl/N-ethyl adjacent to an activating group) is 2. The molecule has 0 saturated carbocycles. The molecule has 1 saturated heterocycles. The predicted molar refractivity (Wildman–Crippen MR) is 227 cm³/mol. The number of carbonyl (C=O) groups is 17. The van der Waals surface area contributed by atoms with E-state index in [-0.39, 0.29) is 89.5 Å². The number of hydrogen-bond acceptors (Lipinski definition) is 22. The second-order valence-electron chi connectivity index (χ2n) is 13.2. The molecule has 0 aromatic heterocycles. The first-order chi connectivity index (χ1) is 31.9. The maximum absolute atomic E-state index is 11.5. The van der Waals surface area contributed by atoms with E-state index in [4.69, 9.17) is 20.1 Å². The number of Topliss-reactive ketones (excluding diaryl/α,β-unsaturated/α-hetero) is 5. The van der Waals surface area contributed by atoms with Crippen LogP contribution >= 0.6 is 0 Å². The quantitative estimate of drug-likeness (QED) is 0.0453. The highest BCUT2D eigenvalue weighted by Gasteiger charge is 2.33. The third-order valence-electron chi connectivity index (χ3n) is 7.18. The van der Waals surface area contributed by atoms with Gasteiger partial charge in [-0.25, -0.2) is 38.3 Å². The number of rotatable bonds is 17. The molecular weight excluding hydrogens is 949 g/mol. The van der Waals surface area contributed by atoms with Gasteiger partial charge in [0.05, 0.1) is 17.6 Å². The van der Waals surface area contributed by atoms with Crippen molar-refractivity contribution in [1.82, 2.24) is 15.7 Å². The molecule has 3 rings (SSSR count). The van der Waals surface area contributed by atoms with E-state index in [1.54, 1.807) is 0 Å². The van der Waals surface area contributed by atoms with Crippen molar-refractivity contribution in [3.8, 4) is 0 Å². The second kappa shape index (κ2) is 33.7. The standard InChI is InChI=1S/C12H13NO6.2C8H11NO4.C7H6O4.C6H4O5.HNS/c1-7(14)5-9(8(2)15)6-12(18)19-13-10(16)3-4-11(13)17;2*1-5(10)3-6(8(12)13)4-7(11)9-2;1-4(8)2-5-3-6(9)11-7(5)10;7-4(8)1-3-2-5(9)11-6(3)10;1-2/h6H,3-5H2,1-2H3;2*4H,3H2,1-2H3,(H,9,11)(H,12,13);3H,2H2,1H3;2H,1H2,(H,7,8);1H/b9-6-;2*6-4-;;;. The molecular formula is C41H46N4O23S. The smallest absolute Gasteiger partial charge is 0.357 e. The minimum absolute atomic E-state index is 0.0111. The van der Waals surface area contributed by atoms with Crippen LogP contribution in [0.15, 0.2) is 58.2 Å². The van der Waals surface area contributed by atoms with Crippen molar-refractivity contribution < 1.29 is 111 Å². The second-order valence-corrected chi connectivity index (χ2v) is 13.2. The van der Waals surface area contributed by atoms with Gasteiger partial charge in [0.15, 0.2) is 5.78 Å². The van der Waals surface area contributed by atoms with Gasteiger partial charge in [-0.3, -0.25) is 47.9 Å². The fourth-order valence-corrected chi connectivity index (χ4v) is 4.29. The monoisotopic (exact) mass is 994 g/mol. The van der Waals surface area contributed by atoms with Crippen LogP contribution in [0.3, 0.4) is 0 Å². The minimum Gasteiger partial charge on any atom is -0.481 e. The molecule has 6 N–H and O–H groups in total. The van der Waals surface area contributed by atoms with Crippen molar-refractivity contribution in [2.24, 2.45) is 0 Å². The van der Waals surface area contributed by atoms with Crippen LogP contribution in [0.4, 0.5) is 0 Å².